The van der Waals surface area contributed by atoms with Crippen LogP contribution in [0.15, 0.2) is 0 Å². The molecule has 1 heteroatoms. The van der Waals surface area contributed by atoms with Crippen molar-refractivity contribution < 1.29 is 21.2 Å². The van der Waals surface area contributed by atoms with E-state index in [9.17, 15) is 0 Å². The number of rotatable bonds is 0. The van der Waals surface area contributed by atoms with Crippen molar-refractivity contribution in [1.29, 1.82) is 0 Å². The first-order chi connectivity index (χ1) is 4.88. The van der Waals surface area contributed by atoms with Gasteiger partial charge in [0, 0.05) is 0 Å². The summed E-state index contributed by atoms with van der Waals surface area (Å²) in [5, 5.41) is 0. The first-order valence-corrected chi connectivity index (χ1v) is 7.46. The third-order valence-electron chi connectivity index (χ3n) is 3.21. The fourth-order valence-corrected chi connectivity index (χ4v) is 6.00. The van der Waals surface area contributed by atoms with Gasteiger partial charge in [0.1, 0.15) is 0 Å². The van der Waals surface area contributed by atoms with Gasteiger partial charge in [-0.3, -0.25) is 0 Å². The van der Waals surface area contributed by atoms with Gasteiger partial charge in [-0.25, -0.2) is 0 Å². The molecule has 0 bridgehead atoms. The summed E-state index contributed by atoms with van der Waals surface area (Å²) in [4.78, 5) is 0. The predicted octanol–water partition coefficient (Wildman–Crippen LogP) is -0.859. The van der Waals surface area contributed by atoms with Gasteiger partial charge in [0.25, 0.3) is 0 Å². The van der Waals surface area contributed by atoms with Crippen molar-refractivity contribution in [2.45, 2.75) is 26.2 Å². The van der Waals surface area contributed by atoms with Crippen LogP contribution in [0.1, 0.15) is 26.2 Å². The van der Waals surface area contributed by atoms with Crippen LogP contribution in [0.5, 0.6) is 0 Å². The zero-order valence-electron chi connectivity index (χ0n) is 6.65. The molecule has 0 spiro atoms. The molecule has 1 saturated heterocycles. The third-order valence-corrected chi connectivity index (χ3v) is 6.35. The predicted molar refractivity (Wildman–Crippen MR) is 39.7 cm³/mol. The number of hydrogen-bond acceptors (Lipinski definition) is 0. The van der Waals surface area contributed by atoms with Gasteiger partial charge in [-0.1, -0.05) is 0 Å². The minimum absolute atomic E-state index is 0.662. The standard InChI is InChI=1S/C9H16I/c1-7-2-3-8-6-10-5-4-9(7)8/h7-9H,2-6H2,1H3/q-1. The van der Waals surface area contributed by atoms with Gasteiger partial charge in [0.05, 0.1) is 0 Å². The zero-order chi connectivity index (χ0) is 6.97. The monoisotopic (exact) mass is 251 g/mol. The Morgan fingerprint density at radius 3 is 2.90 bits per heavy atom. The molecule has 60 valence electrons. The molecular formula is C9H16I-. The number of fused-ring (bicyclic) bond motifs is 1. The Kier molecular flexibility index (Phi) is 2.21. The summed E-state index contributed by atoms with van der Waals surface area (Å²) in [6.45, 7) is 2.47. The molecule has 0 aromatic rings. The average Bonchev–Trinajstić information content (AvgIpc) is 2.34. The molecule has 10 heavy (non-hydrogen) atoms. The molecule has 3 unspecified atom stereocenters. The van der Waals surface area contributed by atoms with Crippen molar-refractivity contribution in [1.82, 2.24) is 0 Å². The Bertz CT molecular complexity index is 120. The normalized spacial score (nSPS) is 47.9. The van der Waals surface area contributed by atoms with Crippen LogP contribution in [0.3, 0.4) is 0 Å². The van der Waals surface area contributed by atoms with Gasteiger partial charge >= 0.3 is 74.0 Å². The average molecular weight is 251 g/mol. The second-order valence-electron chi connectivity index (χ2n) is 3.80. The van der Waals surface area contributed by atoms with Crippen molar-refractivity contribution in [2.75, 3.05) is 8.86 Å². The van der Waals surface area contributed by atoms with Gasteiger partial charge in [0.15, 0.2) is 0 Å². The Hall–Kier alpha value is 0.730. The third kappa shape index (κ3) is 1.21. The SMILES string of the molecule is CC1CCC2C[I-]CCC12. The molecule has 1 aliphatic heterocycles. The maximum atomic E-state index is 2.47. The second kappa shape index (κ2) is 3.00. The van der Waals surface area contributed by atoms with Gasteiger partial charge in [-0.2, -0.15) is 0 Å². The first-order valence-electron chi connectivity index (χ1n) is 4.41. The molecule has 1 aliphatic carbocycles. The van der Waals surface area contributed by atoms with Crippen LogP contribution in [0, 0.1) is 17.8 Å². The topological polar surface area (TPSA) is 0 Å². The molecule has 2 fully saturated rings. The molecule has 2 aliphatic rings. The summed E-state index contributed by atoms with van der Waals surface area (Å²) >= 11 is 0.662. The van der Waals surface area contributed by atoms with Crippen molar-refractivity contribution in [2.24, 2.45) is 17.8 Å². The van der Waals surface area contributed by atoms with Crippen LogP contribution < -0.4 is 21.2 Å². The number of halogens is 1. The first kappa shape index (κ1) is 7.38. The van der Waals surface area contributed by atoms with Crippen LogP contribution >= 0.6 is 0 Å². The molecule has 0 radical (unpaired) electrons. The van der Waals surface area contributed by atoms with E-state index in [0.717, 1.165) is 11.8 Å². The van der Waals surface area contributed by atoms with E-state index in [1.165, 1.54) is 5.92 Å². The van der Waals surface area contributed by atoms with E-state index in [1.54, 1.807) is 28.1 Å². The molecule has 0 N–H and O–H groups in total. The number of alkyl halides is 2. The maximum absolute atomic E-state index is 2.47. The van der Waals surface area contributed by atoms with Crippen LogP contribution in [-0.4, -0.2) is 8.86 Å². The van der Waals surface area contributed by atoms with Crippen LogP contribution in [0.4, 0.5) is 0 Å². The second-order valence-corrected chi connectivity index (χ2v) is 6.84. The van der Waals surface area contributed by atoms with Crippen molar-refractivity contribution in [3.05, 3.63) is 0 Å². The fraction of sp³-hybridized carbons (Fsp3) is 1.00. The summed E-state index contributed by atoms with van der Waals surface area (Å²) < 4.78 is 3.29. The van der Waals surface area contributed by atoms with E-state index in [2.05, 4.69) is 6.92 Å². The molecule has 0 aromatic carbocycles. The summed E-state index contributed by atoms with van der Waals surface area (Å²) in [6.07, 6.45) is 4.71. The molecule has 3 atom stereocenters. The van der Waals surface area contributed by atoms with E-state index in [1.807, 2.05) is 0 Å². The summed E-state index contributed by atoms with van der Waals surface area (Å²) in [7, 11) is 0. The van der Waals surface area contributed by atoms with E-state index >= 15 is 0 Å². The van der Waals surface area contributed by atoms with Gasteiger partial charge < -0.3 is 0 Å². The summed E-state index contributed by atoms with van der Waals surface area (Å²) in [5.41, 5.74) is 0. The number of hydrogen-bond donors (Lipinski definition) is 0. The summed E-state index contributed by atoms with van der Waals surface area (Å²) in [6, 6.07) is 0. The summed E-state index contributed by atoms with van der Waals surface area (Å²) in [5.74, 6) is 3.43. The quantitative estimate of drug-likeness (QED) is 0.388. The van der Waals surface area contributed by atoms with Gasteiger partial charge in [0.2, 0.25) is 0 Å². The minimum atomic E-state index is 0.662. The Morgan fingerprint density at radius 2 is 2.10 bits per heavy atom. The fourth-order valence-electron chi connectivity index (χ4n) is 2.50. The Labute approximate surface area is 74.0 Å². The Morgan fingerprint density at radius 1 is 1.20 bits per heavy atom. The molecule has 2 rings (SSSR count). The van der Waals surface area contributed by atoms with Crippen molar-refractivity contribution in [3.63, 3.8) is 0 Å². The van der Waals surface area contributed by atoms with E-state index < -0.39 is 0 Å². The van der Waals surface area contributed by atoms with Gasteiger partial charge in [-0.15, -0.1) is 0 Å². The van der Waals surface area contributed by atoms with Crippen LogP contribution in [-0.2, 0) is 0 Å². The molecule has 0 amide bonds. The van der Waals surface area contributed by atoms with E-state index in [-0.39, 0.29) is 0 Å². The molecule has 0 nitrogen and oxygen atoms in total. The van der Waals surface area contributed by atoms with E-state index in [4.69, 9.17) is 0 Å². The van der Waals surface area contributed by atoms with E-state index in [0.29, 0.717) is 21.2 Å². The van der Waals surface area contributed by atoms with Crippen LogP contribution in [0.25, 0.3) is 0 Å². The van der Waals surface area contributed by atoms with Crippen molar-refractivity contribution >= 4 is 0 Å². The molecule has 1 saturated carbocycles. The zero-order valence-corrected chi connectivity index (χ0v) is 8.80. The van der Waals surface area contributed by atoms with Crippen molar-refractivity contribution in [3.8, 4) is 0 Å². The van der Waals surface area contributed by atoms with Crippen LogP contribution in [0.2, 0.25) is 0 Å². The molecule has 0 aromatic heterocycles. The Balaban J connectivity index is 2.01. The molecular weight excluding hydrogens is 235 g/mol. The molecule has 1 heterocycles. The van der Waals surface area contributed by atoms with Gasteiger partial charge in [-0.05, 0) is 0 Å².